The van der Waals surface area contributed by atoms with Crippen molar-refractivity contribution in [3.05, 3.63) is 41.9 Å². The molecule has 3 aromatic rings. The number of aromatic nitrogens is 4. The molecule has 0 radical (unpaired) electrons. The zero-order valence-corrected chi connectivity index (χ0v) is 11.9. The molecule has 0 aliphatic rings. The molecule has 0 aliphatic carbocycles. The molecule has 3 rings (SSSR count). The van der Waals surface area contributed by atoms with Crippen LogP contribution >= 0.6 is 23.1 Å². The van der Waals surface area contributed by atoms with Gasteiger partial charge in [-0.2, -0.15) is 0 Å². The lowest BCUT2D eigenvalue weighted by atomic mass is 10.2. The number of nitrogens with two attached hydrogens (primary N) is 1. The molecule has 0 saturated carbocycles. The van der Waals surface area contributed by atoms with Crippen molar-refractivity contribution in [1.29, 1.82) is 0 Å². The van der Waals surface area contributed by atoms with E-state index < -0.39 is 0 Å². The van der Waals surface area contributed by atoms with Crippen molar-refractivity contribution in [2.75, 3.05) is 5.43 Å². The molecule has 2 aromatic heterocycles. The summed E-state index contributed by atoms with van der Waals surface area (Å²) in [4.78, 5) is 8.88. The summed E-state index contributed by atoms with van der Waals surface area (Å²) in [5.74, 6) is 6.64. The predicted octanol–water partition coefficient (Wildman–Crippen LogP) is 2.43. The van der Waals surface area contributed by atoms with Gasteiger partial charge in [0, 0.05) is 11.6 Å². The quantitative estimate of drug-likeness (QED) is 0.434. The number of nitrogens with one attached hydrogen (secondary N) is 1. The molecular weight excluding hydrogens is 292 g/mol. The third-order valence-corrected chi connectivity index (χ3v) is 4.11. The Morgan fingerprint density at radius 1 is 1.15 bits per heavy atom. The zero-order valence-electron chi connectivity index (χ0n) is 10.2. The van der Waals surface area contributed by atoms with Gasteiger partial charge in [-0.3, -0.25) is 0 Å². The number of hydrazine groups is 1. The van der Waals surface area contributed by atoms with Crippen molar-refractivity contribution < 1.29 is 0 Å². The van der Waals surface area contributed by atoms with E-state index >= 15 is 0 Å². The van der Waals surface area contributed by atoms with Gasteiger partial charge >= 0.3 is 0 Å². The highest BCUT2D eigenvalue weighted by Gasteiger charge is 2.09. The molecule has 0 saturated heterocycles. The Labute approximate surface area is 123 Å². The van der Waals surface area contributed by atoms with E-state index in [1.54, 1.807) is 11.6 Å². The highest BCUT2D eigenvalue weighted by molar-refractivity contribution is 8.00. The van der Waals surface area contributed by atoms with E-state index in [0.29, 0.717) is 11.6 Å². The number of hydrogen-bond acceptors (Lipinski definition) is 8. The van der Waals surface area contributed by atoms with Crippen molar-refractivity contribution in [2.24, 2.45) is 5.84 Å². The van der Waals surface area contributed by atoms with Gasteiger partial charge in [0.2, 0.25) is 0 Å². The highest BCUT2D eigenvalue weighted by atomic mass is 32.2. The number of benzene rings is 1. The van der Waals surface area contributed by atoms with Gasteiger partial charge in [-0.15, -0.1) is 10.2 Å². The first-order valence-corrected chi connectivity index (χ1v) is 7.40. The maximum atomic E-state index is 5.46. The van der Waals surface area contributed by atoms with Crippen LogP contribution in [0.2, 0.25) is 0 Å². The lowest BCUT2D eigenvalue weighted by molar-refractivity contribution is 1.000. The second-order valence-corrected chi connectivity index (χ2v) is 5.83. The van der Waals surface area contributed by atoms with Crippen molar-refractivity contribution in [3.8, 4) is 11.4 Å². The Hall–Kier alpha value is -2.03. The van der Waals surface area contributed by atoms with Gasteiger partial charge < -0.3 is 5.43 Å². The minimum Gasteiger partial charge on any atom is -0.308 e. The fourth-order valence-electron chi connectivity index (χ4n) is 1.56. The van der Waals surface area contributed by atoms with Crippen LogP contribution in [0.1, 0.15) is 0 Å². The second-order valence-electron chi connectivity index (χ2n) is 3.73. The molecule has 1 aromatic carbocycles. The van der Waals surface area contributed by atoms with Gasteiger partial charge in [-0.05, 0) is 11.8 Å². The van der Waals surface area contributed by atoms with E-state index in [1.807, 2.05) is 30.3 Å². The summed E-state index contributed by atoms with van der Waals surface area (Å²) in [6.45, 7) is 0. The first kappa shape index (κ1) is 13.0. The minimum absolute atomic E-state index is 0.561. The second kappa shape index (κ2) is 5.95. The van der Waals surface area contributed by atoms with Gasteiger partial charge in [-0.1, -0.05) is 41.7 Å². The summed E-state index contributed by atoms with van der Waals surface area (Å²) in [5.41, 5.74) is 5.18. The van der Waals surface area contributed by atoms with Crippen LogP contribution in [0.4, 0.5) is 5.82 Å². The van der Waals surface area contributed by atoms with E-state index in [2.05, 4.69) is 25.6 Å². The first-order chi connectivity index (χ1) is 9.85. The van der Waals surface area contributed by atoms with Crippen molar-refractivity contribution in [1.82, 2.24) is 20.2 Å². The van der Waals surface area contributed by atoms with Gasteiger partial charge in [0.05, 0.1) is 0 Å². The van der Waals surface area contributed by atoms with E-state index in [0.717, 1.165) is 14.9 Å². The molecule has 8 heteroatoms. The summed E-state index contributed by atoms with van der Waals surface area (Å²) in [6, 6.07) is 11.5. The maximum absolute atomic E-state index is 5.46. The van der Waals surface area contributed by atoms with Gasteiger partial charge in [-0.25, -0.2) is 15.8 Å². The number of nitrogen functional groups attached to an aromatic ring is 1. The lowest BCUT2D eigenvalue weighted by Crippen LogP contribution is -2.09. The Morgan fingerprint density at radius 2 is 2.00 bits per heavy atom. The Balaban J connectivity index is 1.99. The zero-order chi connectivity index (χ0) is 13.8. The van der Waals surface area contributed by atoms with Crippen LogP contribution in [-0.2, 0) is 0 Å². The summed E-state index contributed by atoms with van der Waals surface area (Å²) < 4.78 is 0.825. The molecule has 100 valence electrons. The van der Waals surface area contributed by atoms with E-state index in [1.165, 1.54) is 23.1 Å². The molecule has 0 amide bonds. The average Bonchev–Trinajstić information content (AvgIpc) is 3.00. The van der Waals surface area contributed by atoms with Gasteiger partial charge in [0.15, 0.2) is 10.2 Å². The highest BCUT2D eigenvalue weighted by Crippen LogP contribution is 2.29. The van der Waals surface area contributed by atoms with Crippen molar-refractivity contribution in [2.45, 2.75) is 9.37 Å². The summed E-state index contributed by atoms with van der Waals surface area (Å²) in [6.07, 6.45) is 0. The van der Waals surface area contributed by atoms with E-state index in [-0.39, 0.29) is 0 Å². The fourth-order valence-corrected chi connectivity index (χ4v) is 2.99. The van der Waals surface area contributed by atoms with Crippen LogP contribution in [-0.4, -0.2) is 20.2 Å². The molecular formula is C12H10N6S2. The van der Waals surface area contributed by atoms with Crippen molar-refractivity contribution in [3.63, 3.8) is 0 Å². The Kier molecular flexibility index (Phi) is 3.86. The SMILES string of the molecule is NNc1cc(Sc2nncs2)nc(-c2ccccc2)n1. The smallest absolute Gasteiger partial charge is 0.180 e. The van der Waals surface area contributed by atoms with Gasteiger partial charge in [0.25, 0.3) is 0 Å². The number of rotatable bonds is 4. The topological polar surface area (TPSA) is 89.6 Å². The molecule has 0 atom stereocenters. The monoisotopic (exact) mass is 302 g/mol. The maximum Gasteiger partial charge on any atom is 0.180 e. The van der Waals surface area contributed by atoms with Crippen LogP contribution in [0.5, 0.6) is 0 Å². The number of hydrogen-bond donors (Lipinski definition) is 2. The minimum atomic E-state index is 0.561. The standard InChI is InChI=1S/C12H10N6S2/c13-17-9-6-10(20-12-18-14-7-19-12)16-11(15-9)8-4-2-1-3-5-8/h1-7H,13H2,(H,15,16,17). The molecule has 0 spiro atoms. The summed E-state index contributed by atoms with van der Waals surface area (Å²) in [5, 5.41) is 8.56. The normalized spacial score (nSPS) is 10.4. The molecule has 0 fully saturated rings. The molecule has 0 aliphatic heterocycles. The van der Waals surface area contributed by atoms with E-state index in [9.17, 15) is 0 Å². The third-order valence-electron chi connectivity index (χ3n) is 2.41. The van der Waals surface area contributed by atoms with Crippen LogP contribution in [0.3, 0.4) is 0 Å². The molecule has 3 N–H and O–H groups in total. The fraction of sp³-hybridized carbons (Fsp3) is 0. The lowest BCUT2D eigenvalue weighted by Gasteiger charge is -2.06. The molecule has 0 unspecified atom stereocenters. The molecule has 20 heavy (non-hydrogen) atoms. The van der Waals surface area contributed by atoms with Crippen molar-refractivity contribution >= 4 is 28.9 Å². The Bertz CT molecular complexity index is 686. The first-order valence-electron chi connectivity index (χ1n) is 5.70. The van der Waals surface area contributed by atoms with Crippen LogP contribution in [0.25, 0.3) is 11.4 Å². The predicted molar refractivity (Wildman–Crippen MR) is 79.3 cm³/mol. The molecule has 0 bridgehead atoms. The van der Waals surface area contributed by atoms with Gasteiger partial charge in [0.1, 0.15) is 16.4 Å². The number of nitrogens with zero attached hydrogens (tertiary/aromatic N) is 4. The summed E-state index contributed by atoms with van der Waals surface area (Å²) in [7, 11) is 0. The van der Waals surface area contributed by atoms with Crippen LogP contribution < -0.4 is 11.3 Å². The third kappa shape index (κ3) is 2.93. The average molecular weight is 302 g/mol. The largest absolute Gasteiger partial charge is 0.308 e. The summed E-state index contributed by atoms with van der Waals surface area (Å²) >= 11 is 2.89. The molecule has 2 heterocycles. The Morgan fingerprint density at radius 3 is 2.70 bits per heavy atom. The number of anilines is 1. The molecule has 6 nitrogen and oxygen atoms in total. The van der Waals surface area contributed by atoms with Crippen LogP contribution in [0, 0.1) is 0 Å². The van der Waals surface area contributed by atoms with E-state index in [4.69, 9.17) is 5.84 Å². The van der Waals surface area contributed by atoms with Crippen LogP contribution in [0.15, 0.2) is 51.3 Å².